The molecular weight excluding hydrogens is 717 g/mol. The van der Waals surface area contributed by atoms with Crippen LogP contribution in [-0.4, -0.2) is 12.6 Å². The number of carbonyl (C=O) groups excluding carboxylic acids is 1. The fourth-order valence-electron chi connectivity index (χ4n) is 6.72. The van der Waals surface area contributed by atoms with Crippen molar-refractivity contribution in [2.45, 2.75) is 199 Å². The summed E-state index contributed by atoms with van der Waals surface area (Å²) in [6, 6.07) is 0. The molecule has 0 fully saturated rings. The van der Waals surface area contributed by atoms with E-state index in [0.717, 1.165) is 81.1 Å². The number of hydrogen-bond donors (Lipinski definition) is 0. The van der Waals surface area contributed by atoms with Gasteiger partial charge < -0.3 is 4.74 Å². The Bertz CT molecular complexity index is 1480. The molecule has 0 saturated carbocycles. The summed E-state index contributed by atoms with van der Waals surface area (Å²) in [5, 5.41) is 0. The van der Waals surface area contributed by atoms with Gasteiger partial charge in [0.15, 0.2) is 0 Å². The minimum absolute atomic E-state index is 0.147. The fraction of sp³-hybridized carbons (Fsp3) is 0.596. The molecule has 2 nitrogen and oxygen atoms in total. The standard InChI is InChI=1S/C57H92O2/c1-46(2)24-14-26-48(5)28-16-29-50(7)30-17-31-51(8)32-18-33-52(9)34-19-35-53(10)36-20-37-54(11)38-21-39-55(12)40-22-41-56(13)44-45-59-57(58)43-23-42-49(6)27-15-25-47(3)4/h17,21-22,25,31-32,34,36,38-42,44,46,48,50H,14-16,18-20,23-24,26-30,33,35,37,43,45H2,1-13H3/b31-17+,39-21+,41-22+,49-42-,51-32+,52-34+,53-36+,54-38+,55-40+,56-44+. The molecular formula is C57H92O2. The monoisotopic (exact) mass is 809 g/mol. The van der Waals surface area contributed by atoms with Gasteiger partial charge in [0.1, 0.15) is 6.61 Å². The third kappa shape index (κ3) is 38.6. The summed E-state index contributed by atoms with van der Waals surface area (Å²) in [6.07, 6.45) is 50.5. The first-order chi connectivity index (χ1) is 28.1. The normalized spacial score (nSPS) is 15.3. The zero-order chi connectivity index (χ0) is 44.3. The summed E-state index contributed by atoms with van der Waals surface area (Å²) in [5.74, 6) is 2.36. The van der Waals surface area contributed by atoms with Crippen molar-refractivity contribution in [1.29, 1.82) is 0 Å². The highest BCUT2D eigenvalue weighted by Crippen LogP contribution is 2.21. The highest BCUT2D eigenvalue weighted by atomic mass is 16.5. The van der Waals surface area contributed by atoms with E-state index < -0.39 is 0 Å². The van der Waals surface area contributed by atoms with Crippen LogP contribution < -0.4 is 0 Å². The fourth-order valence-corrected chi connectivity index (χ4v) is 6.72. The molecule has 0 spiro atoms. The van der Waals surface area contributed by atoms with Crippen LogP contribution in [0, 0.1) is 17.8 Å². The number of esters is 1. The average Bonchev–Trinajstić information content (AvgIpc) is 3.14. The summed E-state index contributed by atoms with van der Waals surface area (Å²) < 4.78 is 5.39. The van der Waals surface area contributed by atoms with Crippen molar-refractivity contribution in [1.82, 2.24) is 0 Å². The van der Waals surface area contributed by atoms with Crippen molar-refractivity contribution in [3.8, 4) is 0 Å². The zero-order valence-electron chi connectivity index (χ0n) is 40.9. The number of hydrogen-bond acceptors (Lipinski definition) is 2. The van der Waals surface area contributed by atoms with Crippen LogP contribution in [-0.2, 0) is 9.53 Å². The Morgan fingerprint density at radius 3 is 1.54 bits per heavy atom. The van der Waals surface area contributed by atoms with Gasteiger partial charge in [0.2, 0.25) is 0 Å². The predicted molar refractivity (Wildman–Crippen MR) is 266 cm³/mol. The summed E-state index contributed by atoms with van der Waals surface area (Å²) in [5.41, 5.74) is 10.7. The van der Waals surface area contributed by atoms with Crippen molar-refractivity contribution < 1.29 is 9.53 Å². The van der Waals surface area contributed by atoms with Crippen molar-refractivity contribution in [2.75, 3.05) is 6.61 Å². The zero-order valence-corrected chi connectivity index (χ0v) is 40.9. The van der Waals surface area contributed by atoms with Crippen molar-refractivity contribution >= 4 is 5.97 Å². The van der Waals surface area contributed by atoms with Gasteiger partial charge in [-0.25, -0.2) is 0 Å². The maximum atomic E-state index is 12.1. The Labute approximate surface area is 367 Å². The van der Waals surface area contributed by atoms with Crippen LogP contribution in [0.3, 0.4) is 0 Å². The molecule has 0 aliphatic carbocycles. The molecule has 0 radical (unpaired) electrons. The van der Waals surface area contributed by atoms with Crippen LogP contribution in [0.1, 0.15) is 199 Å². The lowest BCUT2D eigenvalue weighted by atomic mass is 9.92. The number of rotatable bonds is 32. The predicted octanol–water partition coefficient (Wildman–Crippen LogP) is 18.3. The van der Waals surface area contributed by atoms with Crippen LogP contribution in [0.15, 0.2) is 130 Å². The van der Waals surface area contributed by atoms with E-state index in [2.05, 4.69) is 156 Å². The highest BCUT2D eigenvalue weighted by molar-refractivity contribution is 5.69. The Kier molecular flexibility index (Phi) is 34.4. The lowest BCUT2D eigenvalue weighted by molar-refractivity contribution is -0.142. The van der Waals surface area contributed by atoms with Gasteiger partial charge in [0, 0.05) is 6.42 Å². The van der Waals surface area contributed by atoms with Crippen molar-refractivity contribution in [2.24, 2.45) is 17.8 Å². The average molecular weight is 809 g/mol. The first kappa shape index (κ1) is 55.6. The smallest absolute Gasteiger partial charge is 0.306 e. The molecule has 0 saturated heterocycles. The largest absolute Gasteiger partial charge is 0.461 e. The maximum Gasteiger partial charge on any atom is 0.306 e. The molecule has 0 aromatic carbocycles. The van der Waals surface area contributed by atoms with Gasteiger partial charge >= 0.3 is 5.97 Å². The first-order valence-corrected chi connectivity index (χ1v) is 23.5. The maximum absolute atomic E-state index is 12.1. The summed E-state index contributed by atoms with van der Waals surface area (Å²) in [6.45, 7) is 29.4. The van der Waals surface area contributed by atoms with Crippen LogP contribution in [0.25, 0.3) is 0 Å². The second-order valence-corrected chi connectivity index (χ2v) is 18.5. The quantitative estimate of drug-likeness (QED) is 0.0384. The molecule has 2 unspecified atom stereocenters. The molecule has 0 bridgehead atoms. The van der Waals surface area contributed by atoms with Crippen molar-refractivity contribution in [3.63, 3.8) is 0 Å². The Morgan fingerprint density at radius 1 is 0.475 bits per heavy atom. The number of ether oxygens (including phenoxy) is 1. The van der Waals surface area contributed by atoms with E-state index in [9.17, 15) is 4.79 Å². The van der Waals surface area contributed by atoms with Crippen LogP contribution in [0.4, 0.5) is 0 Å². The Hall–Kier alpha value is -3.39. The SMILES string of the molecule is CC(C)=CCC/C(C)=C\CCC(=O)OC/C=C(C)/C=C/C=C(C)/C=C/C=C(\C)CC/C=C(\C)CC/C=C(\C)CC/C=C(C)/C=C/CC(C)CCCC(C)CCCC(C)C. The molecule has 0 rings (SSSR count). The van der Waals surface area contributed by atoms with E-state index >= 15 is 0 Å². The molecule has 0 N–H and O–H groups in total. The van der Waals surface area contributed by atoms with Gasteiger partial charge in [0.05, 0.1) is 0 Å². The van der Waals surface area contributed by atoms with E-state index in [0.29, 0.717) is 13.0 Å². The third-order valence-electron chi connectivity index (χ3n) is 10.9. The minimum atomic E-state index is -0.147. The van der Waals surface area contributed by atoms with Gasteiger partial charge in [-0.3, -0.25) is 4.79 Å². The van der Waals surface area contributed by atoms with E-state index in [4.69, 9.17) is 4.74 Å². The minimum Gasteiger partial charge on any atom is -0.461 e. The van der Waals surface area contributed by atoms with E-state index in [1.165, 1.54) is 84.0 Å². The molecule has 0 heterocycles. The molecule has 2 atom stereocenters. The van der Waals surface area contributed by atoms with E-state index in [-0.39, 0.29) is 5.97 Å². The molecule has 0 aliphatic rings. The van der Waals surface area contributed by atoms with Gasteiger partial charge in [-0.1, -0.05) is 190 Å². The van der Waals surface area contributed by atoms with Gasteiger partial charge in [0.25, 0.3) is 0 Å². The molecule has 0 aromatic heterocycles. The van der Waals surface area contributed by atoms with Crippen molar-refractivity contribution in [3.05, 3.63) is 130 Å². The van der Waals surface area contributed by atoms with Gasteiger partial charge in [-0.15, -0.1) is 0 Å². The first-order valence-electron chi connectivity index (χ1n) is 23.5. The lowest BCUT2D eigenvalue weighted by Gasteiger charge is -2.14. The summed E-state index contributed by atoms with van der Waals surface area (Å²) in [4.78, 5) is 12.1. The molecule has 0 aliphatic heterocycles. The molecule has 332 valence electrons. The highest BCUT2D eigenvalue weighted by Gasteiger charge is 2.06. The Morgan fingerprint density at radius 2 is 0.949 bits per heavy atom. The number of allylic oxidation sites excluding steroid dienone is 21. The van der Waals surface area contributed by atoms with E-state index in [1.54, 1.807) is 0 Å². The molecule has 0 amide bonds. The molecule has 2 heteroatoms. The summed E-state index contributed by atoms with van der Waals surface area (Å²) in [7, 11) is 0. The number of carbonyl (C=O) groups is 1. The summed E-state index contributed by atoms with van der Waals surface area (Å²) >= 11 is 0. The topological polar surface area (TPSA) is 26.3 Å². The molecule has 59 heavy (non-hydrogen) atoms. The van der Waals surface area contributed by atoms with Crippen LogP contribution >= 0.6 is 0 Å². The van der Waals surface area contributed by atoms with Gasteiger partial charge in [-0.05, 0) is 150 Å². The second kappa shape index (κ2) is 36.5. The van der Waals surface area contributed by atoms with Gasteiger partial charge in [-0.2, -0.15) is 0 Å². The van der Waals surface area contributed by atoms with Crippen LogP contribution in [0.2, 0.25) is 0 Å². The third-order valence-corrected chi connectivity index (χ3v) is 10.9. The van der Waals surface area contributed by atoms with E-state index in [1.807, 2.05) is 19.1 Å². The van der Waals surface area contributed by atoms with Crippen LogP contribution in [0.5, 0.6) is 0 Å². The molecule has 0 aromatic rings. The second-order valence-electron chi connectivity index (χ2n) is 18.5. The lowest BCUT2D eigenvalue weighted by Crippen LogP contribution is -2.03. The Balaban J connectivity index is 4.36.